The number of carbonyl (C=O) groups is 1. The number of aromatic nitrogens is 2. The smallest absolute Gasteiger partial charge is 0.332 e. The first-order chi connectivity index (χ1) is 8.97. The van der Waals surface area contributed by atoms with Crippen LogP contribution in [-0.2, 0) is 16.1 Å². The maximum atomic E-state index is 11.8. The van der Waals surface area contributed by atoms with Gasteiger partial charge in [0.15, 0.2) is 6.10 Å². The normalized spacial score (nSPS) is 12.5. The number of carboxylic acid groups (broad SMARTS) is 1. The van der Waals surface area contributed by atoms with E-state index in [-0.39, 0.29) is 12.2 Å². The fourth-order valence-corrected chi connectivity index (χ4v) is 1.61. The van der Waals surface area contributed by atoms with Crippen molar-refractivity contribution in [2.24, 2.45) is 0 Å². The quantitative estimate of drug-likeness (QED) is 0.888. The first kappa shape index (κ1) is 13.2. The molecule has 0 bridgehead atoms. The molecule has 1 atom stereocenters. The van der Waals surface area contributed by atoms with E-state index in [1.54, 1.807) is 12.3 Å². The summed E-state index contributed by atoms with van der Waals surface area (Å²) in [5.41, 5.74) is 1.72. The number of nitrogens with zero attached hydrogens (tertiary/aromatic N) is 2. The van der Waals surface area contributed by atoms with Crippen LogP contribution in [0.1, 0.15) is 18.2 Å². The number of hydrogen-bond donors (Lipinski definition) is 1. The zero-order valence-electron chi connectivity index (χ0n) is 10.7. The minimum absolute atomic E-state index is 0.00680. The highest BCUT2D eigenvalue weighted by Crippen LogP contribution is 2.05. The molecule has 2 heterocycles. The minimum Gasteiger partial charge on any atom is -0.479 e. The molecule has 0 unspecified atom stereocenters. The van der Waals surface area contributed by atoms with Crippen molar-refractivity contribution in [2.45, 2.75) is 26.6 Å². The lowest BCUT2D eigenvalue weighted by molar-refractivity contribution is -0.149. The molecule has 0 saturated carbocycles. The molecule has 1 N–H and O–H groups in total. The Labute approximate surface area is 109 Å². The topological polar surface area (TPSA) is 80.9 Å². The van der Waals surface area contributed by atoms with Gasteiger partial charge in [0, 0.05) is 12.3 Å². The van der Waals surface area contributed by atoms with Gasteiger partial charge in [-0.05, 0) is 31.5 Å². The summed E-state index contributed by atoms with van der Waals surface area (Å²) in [6.07, 6.45) is 0.725. The number of carboxylic acids is 1. The van der Waals surface area contributed by atoms with E-state index < -0.39 is 12.1 Å². The highest BCUT2D eigenvalue weighted by atomic mass is 16.5. The van der Waals surface area contributed by atoms with Crippen molar-refractivity contribution >= 4 is 11.6 Å². The Morgan fingerprint density at radius 3 is 2.95 bits per heavy atom. The molecule has 0 aliphatic rings. The summed E-state index contributed by atoms with van der Waals surface area (Å²) in [6.45, 7) is 3.33. The molecule has 2 aromatic heterocycles. The van der Waals surface area contributed by atoms with Gasteiger partial charge in [-0.15, -0.1) is 0 Å². The molecule has 0 spiro atoms. The Kier molecular flexibility index (Phi) is 3.62. The number of fused-ring (bicyclic) bond motifs is 1. The molecule has 19 heavy (non-hydrogen) atoms. The van der Waals surface area contributed by atoms with Crippen LogP contribution in [0, 0.1) is 6.92 Å². The summed E-state index contributed by atoms with van der Waals surface area (Å²) in [5, 5.41) is 8.71. The third-order valence-corrected chi connectivity index (χ3v) is 2.70. The molecule has 6 nitrogen and oxygen atoms in total. The van der Waals surface area contributed by atoms with Crippen LogP contribution in [0.4, 0.5) is 0 Å². The molecule has 0 radical (unpaired) electrons. The Balaban J connectivity index is 2.30. The molecule has 6 heteroatoms. The van der Waals surface area contributed by atoms with Crippen LogP contribution in [0.3, 0.4) is 0 Å². The number of aryl methyl sites for hydroxylation is 1. The monoisotopic (exact) mass is 262 g/mol. The molecule has 100 valence electrons. The summed E-state index contributed by atoms with van der Waals surface area (Å²) in [7, 11) is 0. The van der Waals surface area contributed by atoms with E-state index in [2.05, 4.69) is 4.98 Å². The van der Waals surface area contributed by atoms with E-state index in [0.29, 0.717) is 11.3 Å². The fraction of sp³-hybridized carbons (Fsp3) is 0.308. The van der Waals surface area contributed by atoms with Gasteiger partial charge in [0.1, 0.15) is 5.65 Å². The van der Waals surface area contributed by atoms with Crippen LogP contribution < -0.4 is 5.56 Å². The van der Waals surface area contributed by atoms with Crippen molar-refractivity contribution in [3.8, 4) is 0 Å². The summed E-state index contributed by atoms with van der Waals surface area (Å²) >= 11 is 0. The standard InChI is InChI=1S/C13H14N2O4/c1-8-3-4-15-11(5-8)14-10(6-12(15)16)7-19-9(2)13(17)18/h3-6,9H,7H2,1-2H3,(H,17,18)/t9-/m0/s1. The van der Waals surface area contributed by atoms with Crippen molar-refractivity contribution in [3.05, 3.63) is 46.0 Å². The summed E-state index contributed by atoms with van der Waals surface area (Å²) in [4.78, 5) is 26.7. The van der Waals surface area contributed by atoms with E-state index in [4.69, 9.17) is 9.84 Å². The molecule has 0 amide bonds. The predicted octanol–water partition coefficient (Wildman–Crippen LogP) is 0.993. The second kappa shape index (κ2) is 5.19. The molecule has 0 fully saturated rings. The molecule has 0 saturated heterocycles. The van der Waals surface area contributed by atoms with Crippen LogP contribution in [0.2, 0.25) is 0 Å². The average Bonchev–Trinajstić information content (AvgIpc) is 2.35. The lowest BCUT2D eigenvalue weighted by Gasteiger charge is -2.08. The minimum atomic E-state index is -1.05. The van der Waals surface area contributed by atoms with Crippen molar-refractivity contribution in [3.63, 3.8) is 0 Å². The van der Waals surface area contributed by atoms with Gasteiger partial charge in [-0.25, -0.2) is 9.78 Å². The van der Waals surface area contributed by atoms with Gasteiger partial charge in [-0.3, -0.25) is 9.20 Å². The SMILES string of the molecule is Cc1ccn2c(=O)cc(CO[C@@H](C)C(=O)O)nc2c1. The van der Waals surface area contributed by atoms with Crippen LogP contribution in [0.5, 0.6) is 0 Å². The first-order valence-electron chi connectivity index (χ1n) is 5.81. The predicted molar refractivity (Wildman–Crippen MR) is 68.1 cm³/mol. The molecule has 0 aromatic carbocycles. The lowest BCUT2D eigenvalue weighted by Crippen LogP contribution is -2.21. The Morgan fingerprint density at radius 1 is 1.53 bits per heavy atom. The Bertz CT molecular complexity index is 678. The molecule has 0 aliphatic heterocycles. The highest BCUT2D eigenvalue weighted by Gasteiger charge is 2.12. The number of hydrogen-bond acceptors (Lipinski definition) is 4. The van der Waals surface area contributed by atoms with Gasteiger partial charge in [0.05, 0.1) is 12.3 Å². The third kappa shape index (κ3) is 2.97. The van der Waals surface area contributed by atoms with Gasteiger partial charge in [-0.2, -0.15) is 0 Å². The van der Waals surface area contributed by atoms with Gasteiger partial charge in [-0.1, -0.05) is 0 Å². The Morgan fingerprint density at radius 2 is 2.26 bits per heavy atom. The Hall–Kier alpha value is -2.21. The van der Waals surface area contributed by atoms with Gasteiger partial charge in [0.25, 0.3) is 5.56 Å². The third-order valence-electron chi connectivity index (χ3n) is 2.70. The van der Waals surface area contributed by atoms with E-state index in [9.17, 15) is 9.59 Å². The maximum absolute atomic E-state index is 11.8. The second-order valence-corrected chi connectivity index (χ2v) is 4.31. The molecule has 0 aliphatic carbocycles. The van der Waals surface area contributed by atoms with Crippen molar-refractivity contribution in [2.75, 3.05) is 0 Å². The van der Waals surface area contributed by atoms with Gasteiger partial charge in [0.2, 0.25) is 0 Å². The highest BCUT2D eigenvalue weighted by molar-refractivity contribution is 5.71. The van der Waals surface area contributed by atoms with Crippen molar-refractivity contribution in [1.82, 2.24) is 9.38 Å². The van der Waals surface area contributed by atoms with E-state index >= 15 is 0 Å². The number of aliphatic carboxylic acids is 1. The van der Waals surface area contributed by atoms with Gasteiger partial charge < -0.3 is 9.84 Å². The molecular weight excluding hydrogens is 248 g/mol. The van der Waals surface area contributed by atoms with Crippen molar-refractivity contribution in [1.29, 1.82) is 0 Å². The van der Waals surface area contributed by atoms with E-state index in [1.165, 1.54) is 17.4 Å². The first-order valence-corrected chi connectivity index (χ1v) is 5.81. The van der Waals surface area contributed by atoms with Crippen LogP contribution >= 0.6 is 0 Å². The van der Waals surface area contributed by atoms with Gasteiger partial charge >= 0.3 is 5.97 Å². The van der Waals surface area contributed by atoms with Crippen LogP contribution in [0.25, 0.3) is 5.65 Å². The average molecular weight is 262 g/mol. The zero-order chi connectivity index (χ0) is 14.0. The summed E-state index contributed by atoms with van der Waals surface area (Å²) in [6, 6.07) is 4.95. The summed E-state index contributed by atoms with van der Waals surface area (Å²) < 4.78 is 6.54. The van der Waals surface area contributed by atoms with Crippen LogP contribution in [0.15, 0.2) is 29.2 Å². The zero-order valence-corrected chi connectivity index (χ0v) is 10.7. The van der Waals surface area contributed by atoms with Crippen molar-refractivity contribution < 1.29 is 14.6 Å². The number of pyridine rings is 1. The second-order valence-electron chi connectivity index (χ2n) is 4.31. The largest absolute Gasteiger partial charge is 0.479 e. The number of rotatable bonds is 4. The number of ether oxygens (including phenoxy) is 1. The van der Waals surface area contributed by atoms with Crippen LogP contribution in [-0.4, -0.2) is 26.6 Å². The maximum Gasteiger partial charge on any atom is 0.332 e. The molecular formula is C13H14N2O4. The molecule has 2 aromatic rings. The summed E-state index contributed by atoms with van der Waals surface area (Å²) in [5.74, 6) is -1.05. The lowest BCUT2D eigenvalue weighted by atomic mass is 10.3. The molecule has 2 rings (SSSR count). The fourth-order valence-electron chi connectivity index (χ4n) is 1.61. The van der Waals surface area contributed by atoms with E-state index in [0.717, 1.165) is 5.56 Å². The van der Waals surface area contributed by atoms with E-state index in [1.807, 2.05) is 13.0 Å².